The van der Waals surface area contributed by atoms with Crippen molar-refractivity contribution in [2.24, 2.45) is 0 Å². The van der Waals surface area contributed by atoms with E-state index in [0.29, 0.717) is 6.54 Å². The SMILES string of the molecule is COc1ccc(CCNCCC(=O)O)cc1Br. The summed E-state index contributed by atoms with van der Waals surface area (Å²) in [6.07, 6.45) is 1.02. The van der Waals surface area contributed by atoms with E-state index in [-0.39, 0.29) is 6.42 Å². The number of carboxylic acid groups (broad SMARTS) is 1. The minimum Gasteiger partial charge on any atom is -0.496 e. The van der Waals surface area contributed by atoms with E-state index in [1.807, 2.05) is 18.2 Å². The van der Waals surface area contributed by atoms with Crippen molar-refractivity contribution in [2.75, 3.05) is 20.2 Å². The highest BCUT2D eigenvalue weighted by Gasteiger charge is 2.01. The largest absolute Gasteiger partial charge is 0.496 e. The van der Waals surface area contributed by atoms with Crippen LogP contribution in [0.25, 0.3) is 0 Å². The predicted molar refractivity (Wildman–Crippen MR) is 69.5 cm³/mol. The van der Waals surface area contributed by atoms with Crippen molar-refractivity contribution >= 4 is 21.9 Å². The van der Waals surface area contributed by atoms with Crippen LogP contribution in [-0.2, 0) is 11.2 Å². The van der Waals surface area contributed by atoms with Crippen molar-refractivity contribution in [2.45, 2.75) is 12.8 Å². The molecule has 1 aromatic rings. The number of carbonyl (C=O) groups is 1. The third kappa shape index (κ3) is 5.19. The number of halogens is 1. The Hall–Kier alpha value is -1.07. The summed E-state index contributed by atoms with van der Waals surface area (Å²) in [5, 5.41) is 11.5. The van der Waals surface area contributed by atoms with Crippen LogP contribution in [-0.4, -0.2) is 31.3 Å². The zero-order valence-corrected chi connectivity index (χ0v) is 11.3. The number of ether oxygens (including phenoxy) is 1. The fraction of sp³-hybridized carbons (Fsp3) is 0.417. The molecule has 0 aliphatic carbocycles. The van der Waals surface area contributed by atoms with Crippen molar-refractivity contribution in [3.8, 4) is 5.75 Å². The highest BCUT2D eigenvalue weighted by molar-refractivity contribution is 9.10. The van der Waals surface area contributed by atoms with E-state index >= 15 is 0 Å². The quantitative estimate of drug-likeness (QED) is 0.757. The summed E-state index contributed by atoms with van der Waals surface area (Å²) < 4.78 is 6.07. The molecule has 0 atom stereocenters. The molecule has 0 spiro atoms. The Morgan fingerprint density at radius 1 is 1.47 bits per heavy atom. The van der Waals surface area contributed by atoms with Gasteiger partial charge in [-0.2, -0.15) is 0 Å². The predicted octanol–water partition coefficient (Wildman–Crippen LogP) is 2.06. The molecule has 5 heteroatoms. The Bertz CT molecular complexity index is 382. The number of hydrogen-bond donors (Lipinski definition) is 2. The summed E-state index contributed by atoms with van der Waals surface area (Å²) >= 11 is 3.43. The van der Waals surface area contributed by atoms with Gasteiger partial charge in [0, 0.05) is 6.54 Å². The van der Waals surface area contributed by atoms with Gasteiger partial charge in [0.2, 0.25) is 0 Å². The molecule has 0 saturated heterocycles. The third-order valence-electron chi connectivity index (χ3n) is 2.32. The van der Waals surface area contributed by atoms with Crippen molar-refractivity contribution in [1.29, 1.82) is 0 Å². The van der Waals surface area contributed by atoms with Crippen LogP contribution in [0.4, 0.5) is 0 Å². The van der Waals surface area contributed by atoms with E-state index in [0.717, 1.165) is 23.2 Å². The van der Waals surface area contributed by atoms with Gasteiger partial charge in [0.15, 0.2) is 0 Å². The van der Waals surface area contributed by atoms with Gasteiger partial charge in [0.25, 0.3) is 0 Å². The molecule has 2 N–H and O–H groups in total. The number of carboxylic acids is 1. The average molecular weight is 302 g/mol. The lowest BCUT2D eigenvalue weighted by molar-refractivity contribution is -0.136. The third-order valence-corrected chi connectivity index (χ3v) is 2.94. The molecular weight excluding hydrogens is 286 g/mol. The molecule has 0 saturated carbocycles. The van der Waals surface area contributed by atoms with Gasteiger partial charge in [-0.25, -0.2) is 0 Å². The molecule has 0 heterocycles. The van der Waals surface area contributed by atoms with Gasteiger partial charge in [0.05, 0.1) is 18.0 Å². The minimum absolute atomic E-state index is 0.159. The van der Waals surface area contributed by atoms with Crippen molar-refractivity contribution in [3.05, 3.63) is 28.2 Å². The number of aliphatic carboxylic acids is 1. The van der Waals surface area contributed by atoms with Gasteiger partial charge >= 0.3 is 5.97 Å². The fourth-order valence-electron chi connectivity index (χ4n) is 1.42. The second-order valence-electron chi connectivity index (χ2n) is 3.61. The van der Waals surface area contributed by atoms with Crippen LogP contribution in [0.3, 0.4) is 0 Å². The summed E-state index contributed by atoms with van der Waals surface area (Å²) in [5.41, 5.74) is 1.18. The van der Waals surface area contributed by atoms with Gasteiger partial charge in [0.1, 0.15) is 5.75 Å². The molecule has 1 aromatic carbocycles. The van der Waals surface area contributed by atoms with Crippen LogP contribution < -0.4 is 10.1 Å². The van der Waals surface area contributed by atoms with Crippen LogP contribution in [0.2, 0.25) is 0 Å². The molecule has 0 aliphatic rings. The second-order valence-corrected chi connectivity index (χ2v) is 4.47. The molecule has 0 radical (unpaired) electrons. The number of benzene rings is 1. The summed E-state index contributed by atoms with van der Waals surface area (Å²) in [5.74, 6) is 0.0391. The lowest BCUT2D eigenvalue weighted by Crippen LogP contribution is -2.20. The summed E-state index contributed by atoms with van der Waals surface area (Å²) in [6, 6.07) is 5.93. The van der Waals surface area contributed by atoms with E-state index < -0.39 is 5.97 Å². The smallest absolute Gasteiger partial charge is 0.304 e. The summed E-state index contributed by atoms with van der Waals surface area (Å²) in [4.78, 5) is 10.3. The van der Waals surface area contributed by atoms with Gasteiger partial charge in [-0.1, -0.05) is 6.07 Å². The lowest BCUT2D eigenvalue weighted by atomic mass is 10.1. The Morgan fingerprint density at radius 2 is 2.24 bits per heavy atom. The normalized spacial score (nSPS) is 10.2. The maximum Gasteiger partial charge on any atom is 0.304 e. The zero-order chi connectivity index (χ0) is 12.7. The number of hydrogen-bond acceptors (Lipinski definition) is 3. The van der Waals surface area contributed by atoms with Crippen LogP contribution in [0.1, 0.15) is 12.0 Å². The molecule has 0 amide bonds. The number of methoxy groups -OCH3 is 1. The lowest BCUT2D eigenvalue weighted by Gasteiger charge is -2.07. The fourth-order valence-corrected chi connectivity index (χ4v) is 2.01. The Balaban J connectivity index is 2.32. The minimum atomic E-state index is -0.773. The van der Waals surface area contributed by atoms with Crippen LogP contribution in [0, 0.1) is 0 Å². The molecule has 0 fully saturated rings. The van der Waals surface area contributed by atoms with Gasteiger partial charge in [-0.3, -0.25) is 4.79 Å². The standard InChI is InChI=1S/C12H16BrNO3/c1-17-11-3-2-9(8-10(11)13)4-6-14-7-5-12(15)16/h2-3,8,14H,4-7H2,1H3,(H,15,16). The average Bonchev–Trinajstić information content (AvgIpc) is 2.28. The van der Waals surface area contributed by atoms with E-state index in [1.165, 1.54) is 5.56 Å². The molecule has 0 bridgehead atoms. The molecule has 17 heavy (non-hydrogen) atoms. The molecular formula is C12H16BrNO3. The van der Waals surface area contributed by atoms with Crippen molar-refractivity contribution in [1.82, 2.24) is 5.32 Å². The summed E-state index contributed by atoms with van der Waals surface area (Å²) in [6.45, 7) is 1.28. The molecule has 1 rings (SSSR count). The maximum absolute atomic E-state index is 10.3. The number of nitrogens with one attached hydrogen (secondary N) is 1. The Morgan fingerprint density at radius 3 is 2.82 bits per heavy atom. The van der Waals surface area contributed by atoms with Crippen LogP contribution >= 0.6 is 15.9 Å². The monoisotopic (exact) mass is 301 g/mol. The van der Waals surface area contributed by atoms with Gasteiger partial charge < -0.3 is 15.2 Å². The molecule has 0 aliphatic heterocycles. The second kappa shape index (κ2) is 7.29. The van der Waals surface area contributed by atoms with E-state index in [9.17, 15) is 4.79 Å². The first kappa shape index (κ1) is 14.0. The Kier molecular flexibility index (Phi) is 6.00. The van der Waals surface area contributed by atoms with E-state index in [2.05, 4.69) is 21.2 Å². The molecule has 0 aromatic heterocycles. The zero-order valence-electron chi connectivity index (χ0n) is 9.70. The molecule has 4 nitrogen and oxygen atoms in total. The first-order valence-corrected chi connectivity index (χ1v) is 6.17. The van der Waals surface area contributed by atoms with Crippen molar-refractivity contribution < 1.29 is 14.6 Å². The van der Waals surface area contributed by atoms with Crippen molar-refractivity contribution in [3.63, 3.8) is 0 Å². The first-order valence-electron chi connectivity index (χ1n) is 5.38. The Labute approximate surface area is 109 Å². The number of rotatable bonds is 7. The van der Waals surface area contributed by atoms with Gasteiger partial charge in [-0.05, 0) is 46.6 Å². The summed E-state index contributed by atoms with van der Waals surface area (Å²) in [7, 11) is 1.63. The first-order chi connectivity index (χ1) is 8.13. The van der Waals surface area contributed by atoms with Crippen LogP contribution in [0.5, 0.6) is 5.75 Å². The topological polar surface area (TPSA) is 58.6 Å². The van der Waals surface area contributed by atoms with E-state index in [1.54, 1.807) is 7.11 Å². The van der Waals surface area contributed by atoms with Crippen LogP contribution in [0.15, 0.2) is 22.7 Å². The highest BCUT2D eigenvalue weighted by atomic mass is 79.9. The highest BCUT2D eigenvalue weighted by Crippen LogP contribution is 2.25. The van der Waals surface area contributed by atoms with Gasteiger partial charge in [-0.15, -0.1) is 0 Å². The molecule has 0 unspecified atom stereocenters. The molecule has 94 valence electrons. The van der Waals surface area contributed by atoms with E-state index in [4.69, 9.17) is 9.84 Å². The maximum atomic E-state index is 10.3.